The van der Waals surface area contributed by atoms with Crippen LogP contribution in [0.1, 0.15) is 5.56 Å². The van der Waals surface area contributed by atoms with Gasteiger partial charge in [-0.15, -0.1) is 0 Å². The summed E-state index contributed by atoms with van der Waals surface area (Å²) in [4.78, 5) is 0. The molecule has 0 atom stereocenters. The number of hydrogen-bond donors (Lipinski definition) is 2. The largest absolute Gasteiger partial charge is 0.384 e. The van der Waals surface area contributed by atoms with Crippen LogP contribution in [-0.2, 0) is 10.0 Å². The lowest BCUT2D eigenvalue weighted by Crippen LogP contribution is -2.22. The minimum absolute atomic E-state index is 0.170. The predicted octanol–water partition coefficient (Wildman–Crippen LogP) is 0.835. The molecule has 0 radical (unpaired) electrons. The monoisotopic (exact) mass is 232 g/mol. The summed E-state index contributed by atoms with van der Waals surface area (Å²) < 4.78 is 34.1. The highest BCUT2D eigenvalue weighted by atomic mass is 32.2. The van der Waals surface area contributed by atoms with Gasteiger partial charge >= 0.3 is 0 Å². The Morgan fingerprint density at radius 1 is 1.47 bits per heavy atom. The molecule has 0 spiro atoms. The van der Waals surface area contributed by atoms with Crippen LogP contribution in [0.5, 0.6) is 0 Å². The molecule has 0 unspecified atom stereocenters. The lowest BCUT2D eigenvalue weighted by Gasteiger charge is -2.08. The SMILES string of the molecule is Cc1ccc(F)cc1NCCS(N)(=O)=O. The third kappa shape index (κ3) is 4.26. The molecular weight excluding hydrogens is 219 g/mol. The van der Waals surface area contributed by atoms with Crippen LogP contribution in [0, 0.1) is 12.7 Å². The Bertz CT molecular complexity index is 445. The van der Waals surface area contributed by atoms with E-state index >= 15 is 0 Å². The van der Waals surface area contributed by atoms with Crippen molar-refractivity contribution in [2.45, 2.75) is 6.92 Å². The number of nitrogens with two attached hydrogens (primary N) is 1. The average molecular weight is 232 g/mol. The first-order valence-electron chi connectivity index (χ1n) is 4.39. The summed E-state index contributed by atoms with van der Waals surface area (Å²) in [6, 6.07) is 4.28. The van der Waals surface area contributed by atoms with Crippen LogP contribution >= 0.6 is 0 Å². The Kier molecular flexibility index (Phi) is 3.65. The molecule has 0 aliphatic heterocycles. The van der Waals surface area contributed by atoms with Crippen LogP contribution in [0.2, 0.25) is 0 Å². The fourth-order valence-electron chi connectivity index (χ4n) is 1.11. The van der Waals surface area contributed by atoms with E-state index in [0.29, 0.717) is 5.69 Å². The predicted molar refractivity (Wildman–Crippen MR) is 57.6 cm³/mol. The summed E-state index contributed by atoms with van der Waals surface area (Å²) >= 11 is 0. The molecule has 0 saturated carbocycles. The maximum absolute atomic E-state index is 12.8. The zero-order valence-corrected chi connectivity index (χ0v) is 9.14. The van der Waals surface area contributed by atoms with Gasteiger partial charge in [0.2, 0.25) is 10.0 Å². The second-order valence-electron chi connectivity index (χ2n) is 3.25. The van der Waals surface area contributed by atoms with E-state index in [2.05, 4.69) is 5.32 Å². The Hall–Kier alpha value is -1.14. The molecule has 3 N–H and O–H groups in total. The number of benzene rings is 1. The van der Waals surface area contributed by atoms with Crippen molar-refractivity contribution in [1.29, 1.82) is 0 Å². The molecule has 1 rings (SSSR count). The van der Waals surface area contributed by atoms with E-state index in [-0.39, 0.29) is 18.1 Å². The molecule has 0 aliphatic carbocycles. The van der Waals surface area contributed by atoms with Crippen LogP contribution in [0.3, 0.4) is 0 Å². The minimum atomic E-state index is -3.47. The third-order valence-corrected chi connectivity index (χ3v) is 2.67. The summed E-state index contributed by atoms with van der Waals surface area (Å²) in [6.07, 6.45) is 0. The smallest absolute Gasteiger partial charge is 0.210 e. The highest BCUT2D eigenvalue weighted by molar-refractivity contribution is 7.89. The molecule has 0 aliphatic rings. The van der Waals surface area contributed by atoms with E-state index in [9.17, 15) is 12.8 Å². The molecule has 84 valence electrons. The summed E-state index contributed by atoms with van der Waals surface area (Å²) in [7, 11) is -3.47. The van der Waals surface area contributed by atoms with Gasteiger partial charge < -0.3 is 5.32 Å². The fraction of sp³-hybridized carbons (Fsp3) is 0.333. The van der Waals surface area contributed by atoms with Crippen LogP contribution < -0.4 is 10.5 Å². The number of sulfonamides is 1. The van der Waals surface area contributed by atoms with Crippen LogP contribution in [0.25, 0.3) is 0 Å². The number of anilines is 1. The first-order valence-corrected chi connectivity index (χ1v) is 6.10. The van der Waals surface area contributed by atoms with Gasteiger partial charge in [-0.1, -0.05) is 6.07 Å². The summed E-state index contributed by atoms with van der Waals surface area (Å²) in [5.74, 6) is -0.540. The topological polar surface area (TPSA) is 72.2 Å². The van der Waals surface area contributed by atoms with Gasteiger partial charge in [0.25, 0.3) is 0 Å². The van der Waals surface area contributed by atoms with Gasteiger partial charge in [-0.05, 0) is 24.6 Å². The molecule has 15 heavy (non-hydrogen) atoms. The van der Waals surface area contributed by atoms with Gasteiger partial charge in [-0.3, -0.25) is 0 Å². The van der Waals surface area contributed by atoms with Gasteiger partial charge in [-0.2, -0.15) is 0 Å². The van der Waals surface area contributed by atoms with Crippen molar-refractivity contribution in [3.05, 3.63) is 29.6 Å². The first kappa shape index (κ1) is 11.9. The van der Waals surface area contributed by atoms with E-state index in [1.165, 1.54) is 12.1 Å². The minimum Gasteiger partial charge on any atom is -0.384 e. The third-order valence-electron chi connectivity index (χ3n) is 1.90. The molecule has 1 aromatic carbocycles. The molecule has 0 amide bonds. The standard InChI is InChI=1S/C9H13FN2O2S/c1-7-2-3-8(10)6-9(7)12-4-5-15(11,13)14/h2-3,6,12H,4-5H2,1H3,(H2,11,13,14). The maximum atomic E-state index is 12.8. The highest BCUT2D eigenvalue weighted by Crippen LogP contribution is 2.15. The van der Waals surface area contributed by atoms with E-state index in [1.807, 2.05) is 0 Å². The van der Waals surface area contributed by atoms with Crippen molar-refractivity contribution in [3.63, 3.8) is 0 Å². The van der Waals surface area contributed by atoms with Crippen molar-refractivity contribution in [1.82, 2.24) is 0 Å². The summed E-state index contributed by atoms with van der Waals surface area (Å²) in [5.41, 5.74) is 1.43. The van der Waals surface area contributed by atoms with E-state index in [4.69, 9.17) is 5.14 Å². The molecule has 0 heterocycles. The highest BCUT2D eigenvalue weighted by Gasteiger charge is 2.03. The molecule has 0 fully saturated rings. The number of nitrogens with one attached hydrogen (secondary N) is 1. The van der Waals surface area contributed by atoms with Crippen LogP contribution in [0.15, 0.2) is 18.2 Å². The van der Waals surface area contributed by atoms with Gasteiger partial charge in [0, 0.05) is 12.2 Å². The Morgan fingerprint density at radius 2 is 2.13 bits per heavy atom. The number of halogens is 1. The van der Waals surface area contributed by atoms with Gasteiger partial charge in [0.05, 0.1) is 5.75 Å². The van der Waals surface area contributed by atoms with E-state index in [0.717, 1.165) is 5.56 Å². The molecule has 4 nitrogen and oxygen atoms in total. The maximum Gasteiger partial charge on any atom is 0.210 e. The van der Waals surface area contributed by atoms with E-state index in [1.54, 1.807) is 13.0 Å². The number of primary sulfonamides is 1. The molecule has 6 heteroatoms. The van der Waals surface area contributed by atoms with Crippen molar-refractivity contribution in [2.24, 2.45) is 5.14 Å². The molecule has 0 bridgehead atoms. The molecule has 0 saturated heterocycles. The number of aryl methyl sites for hydroxylation is 1. The second-order valence-corrected chi connectivity index (χ2v) is 4.99. The van der Waals surface area contributed by atoms with Crippen molar-refractivity contribution in [2.75, 3.05) is 17.6 Å². The summed E-state index contributed by atoms with van der Waals surface area (Å²) in [6.45, 7) is 1.97. The zero-order chi connectivity index (χ0) is 11.5. The van der Waals surface area contributed by atoms with Gasteiger partial charge in [0.1, 0.15) is 5.82 Å². The fourth-order valence-corrected chi connectivity index (χ4v) is 1.50. The van der Waals surface area contributed by atoms with Crippen LogP contribution in [0.4, 0.5) is 10.1 Å². The Morgan fingerprint density at radius 3 is 2.73 bits per heavy atom. The average Bonchev–Trinajstić information content (AvgIpc) is 2.09. The van der Waals surface area contributed by atoms with Gasteiger partial charge in [-0.25, -0.2) is 17.9 Å². The lowest BCUT2D eigenvalue weighted by atomic mass is 10.2. The molecular formula is C9H13FN2O2S. The first-order chi connectivity index (χ1) is 6.88. The Balaban J connectivity index is 2.61. The number of rotatable bonds is 4. The van der Waals surface area contributed by atoms with Crippen molar-refractivity contribution < 1.29 is 12.8 Å². The summed E-state index contributed by atoms with van der Waals surface area (Å²) in [5, 5.41) is 7.64. The second kappa shape index (κ2) is 4.59. The molecule has 1 aromatic rings. The van der Waals surface area contributed by atoms with Crippen molar-refractivity contribution >= 4 is 15.7 Å². The zero-order valence-electron chi connectivity index (χ0n) is 8.33. The molecule has 0 aromatic heterocycles. The number of hydrogen-bond acceptors (Lipinski definition) is 3. The van der Waals surface area contributed by atoms with Crippen LogP contribution in [-0.4, -0.2) is 20.7 Å². The lowest BCUT2D eigenvalue weighted by molar-refractivity contribution is 0.598. The van der Waals surface area contributed by atoms with E-state index < -0.39 is 10.0 Å². The normalized spacial score (nSPS) is 11.4. The quantitative estimate of drug-likeness (QED) is 0.807. The van der Waals surface area contributed by atoms with Crippen molar-refractivity contribution in [3.8, 4) is 0 Å². The van der Waals surface area contributed by atoms with Gasteiger partial charge in [0.15, 0.2) is 0 Å². The Labute approximate surface area is 88.3 Å².